The maximum atomic E-state index is 14.4. The number of hydrogen-bond donors (Lipinski definition) is 3. The Morgan fingerprint density at radius 3 is 1.97 bits per heavy atom. The molecule has 0 aliphatic carbocycles. The number of imide groups is 1. The second-order valence-electron chi connectivity index (χ2n) is 17.3. The molecule has 1 aliphatic rings. The molecule has 4 amide bonds. The number of likely N-dealkylation sites (N-methyl/N-ethyl adjacent to an activating group) is 2. The van der Waals surface area contributed by atoms with E-state index in [1.165, 1.54) is 7.11 Å². The van der Waals surface area contributed by atoms with Crippen LogP contribution < -0.4 is 16.0 Å². The summed E-state index contributed by atoms with van der Waals surface area (Å²) in [6.07, 6.45) is 1.20. The van der Waals surface area contributed by atoms with Crippen LogP contribution >= 0.6 is 0 Å². The molecule has 9 atom stereocenters. The maximum Gasteiger partial charge on any atom is 0.244 e. The molecule has 1 aliphatic heterocycles. The van der Waals surface area contributed by atoms with E-state index in [1.54, 1.807) is 50.2 Å². The lowest BCUT2D eigenvalue weighted by Gasteiger charge is -2.43. The number of nitrogens with one attached hydrogen (secondary N) is 3. The predicted molar refractivity (Wildman–Crippen MR) is 237 cm³/mol. The molecule has 3 N–H and O–H groups in total. The molecule has 0 saturated carbocycles. The van der Waals surface area contributed by atoms with Crippen molar-refractivity contribution in [1.29, 1.82) is 0 Å². The number of carbonyl (C=O) groups excluding carboxylic acids is 4. The number of ether oxygens (including phenoxy) is 2. The van der Waals surface area contributed by atoms with Gasteiger partial charge in [0.05, 0.1) is 54.2 Å². The number of carbonyl (C=O) groups is 4. The third kappa shape index (κ3) is 14.2. The molecular weight excluding hydrogens is 783 g/mol. The van der Waals surface area contributed by atoms with Crippen molar-refractivity contribution in [2.45, 2.75) is 129 Å². The first-order valence-corrected chi connectivity index (χ1v) is 23.4. The van der Waals surface area contributed by atoms with E-state index in [4.69, 9.17) is 9.47 Å². The van der Waals surface area contributed by atoms with Gasteiger partial charge in [-0.15, -0.1) is 0 Å². The number of benzene rings is 2. The molecular formula is C46H73N5O8S. The van der Waals surface area contributed by atoms with Gasteiger partial charge in [-0.3, -0.25) is 29.4 Å². The SMILES string of the molecule is CC[C@H](C)[C@@H]([C@@H](CC(=O)N1CCC[C@H]1[C@H](OC)[C@@H](C)C(=O)N[C@@H](Cc1ccccc1)CS(=O)(=O)Cc1ccccc1)OC)N(C)[C@H](C(=O)NC(=O)[C@@H](NC)C(C)C)C(C)C. The zero-order chi connectivity index (χ0) is 44.7. The summed E-state index contributed by atoms with van der Waals surface area (Å²) in [5.41, 5.74) is 1.58. The van der Waals surface area contributed by atoms with Crippen molar-refractivity contribution in [2.75, 3.05) is 40.6 Å². The number of methoxy groups -OCH3 is 2. The fraction of sp³-hybridized carbons (Fsp3) is 0.652. The summed E-state index contributed by atoms with van der Waals surface area (Å²) in [5.74, 6) is -2.55. The van der Waals surface area contributed by atoms with Crippen molar-refractivity contribution >= 4 is 33.5 Å². The van der Waals surface area contributed by atoms with E-state index >= 15 is 0 Å². The van der Waals surface area contributed by atoms with Gasteiger partial charge in [0.25, 0.3) is 0 Å². The largest absolute Gasteiger partial charge is 0.379 e. The van der Waals surface area contributed by atoms with Crippen LogP contribution in [0.5, 0.6) is 0 Å². The molecule has 0 unspecified atom stereocenters. The zero-order valence-electron chi connectivity index (χ0n) is 37.8. The van der Waals surface area contributed by atoms with Gasteiger partial charge in [0.1, 0.15) is 0 Å². The Bertz CT molecular complexity index is 1760. The highest BCUT2D eigenvalue weighted by Gasteiger charge is 2.43. The summed E-state index contributed by atoms with van der Waals surface area (Å²) in [5, 5.41) is 8.69. The Morgan fingerprint density at radius 2 is 1.45 bits per heavy atom. The Hall–Kier alpha value is -3.69. The van der Waals surface area contributed by atoms with Gasteiger partial charge in [-0.25, -0.2) is 8.42 Å². The van der Waals surface area contributed by atoms with Crippen LogP contribution in [-0.4, -0.2) is 125 Å². The number of hydrogen-bond acceptors (Lipinski definition) is 10. The topological polar surface area (TPSA) is 163 Å². The molecule has 1 saturated heterocycles. The Morgan fingerprint density at radius 1 is 0.850 bits per heavy atom. The van der Waals surface area contributed by atoms with E-state index < -0.39 is 58.0 Å². The second-order valence-corrected chi connectivity index (χ2v) is 19.4. The molecule has 336 valence electrons. The fourth-order valence-corrected chi connectivity index (χ4v) is 10.6. The molecule has 1 heterocycles. The van der Waals surface area contributed by atoms with Gasteiger partial charge >= 0.3 is 0 Å². The Kier molecular flexibility index (Phi) is 20.3. The van der Waals surface area contributed by atoms with Gasteiger partial charge in [-0.2, -0.15) is 0 Å². The third-order valence-electron chi connectivity index (χ3n) is 12.1. The van der Waals surface area contributed by atoms with Crippen molar-refractivity contribution < 1.29 is 37.1 Å². The van der Waals surface area contributed by atoms with Gasteiger partial charge in [-0.1, -0.05) is 116 Å². The highest BCUT2D eigenvalue weighted by atomic mass is 32.2. The standard InChI is InChI=1S/C46H73N5O8S/c1-12-32(6)42(50(9)41(31(4)5)46(55)49-45(54)40(47-8)30(2)3)38(58-10)27-39(52)51-25-19-24-37(51)43(59-11)33(7)44(53)48-36(26-34-20-15-13-16-21-34)29-60(56,57)28-35-22-17-14-18-23-35/h13-18,20-23,30-33,36-38,40-43,47H,12,19,24-29H2,1-11H3,(H,48,53)(H,49,54,55)/t32-,33+,36-,37-,38+,40-,41-,42-,43+/m0/s1. The normalized spacial score (nSPS) is 18.7. The number of likely N-dealkylation sites (tertiary alicyclic amines) is 1. The molecule has 14 heteroatoms. The minimum Gasteiger partial charge on any atom is -0.379 e. The molecule has 2 aromatic rings. The Labute approximate surface area is 360 Å². The number of sulfone groups is 1. The van der Waals surface area contributed by atoms with Crippen LogP contribution in [0.15, 0.2) is 60.7 Å². The van der Waals surface area contributed by atoms with Crippen LogP contribution in [-0.2, 0) is 50.7 Å². The van der Waals surface area contributed by atoms with Gasteiger partial charge in [0.2, 0.25) is 23.6 Å². The molecule has 3 rings (SSSR count). The molecule has 13 nitrogen and oxygen atoms in total. The summed E-state index contributed by atoms with van der Waals surface area (Å²) in [7, 11) is 3.06. The van der Waals surface area contributed by atoms with E-state index in [0.717, 1.165) is 18.4 Å². The zero-order valence-corrected chi connectivity index (χ0v) is 38.7. The molecule has 0 aromatic heterocycles. The summed E-state index contributed by atoms with van der Waals surface area (Å²) in [6.45, 7) is 14.1. The highest BCUT2D eigenvalue weighted by Crippen LogP contribution is 2.30. The summed E-state index contributed by atoms with van der Waals surface area (Å²) >= 11 is 0. The molecule has 0 bridgehead atoms. The van der Waals surface area contributed by atoms with Crippen LogP contribution in [0.3, 0.4) is 0 Å². The van der Waals surface area contributed by atoms with Crippen molar-refractivity contribution in [3.8, 4) is 0 Å². The lowest BCUT2D eigenvalue weighted by Crippen LogP contribution is -2.60. The van der Waals surface area contributed by atoms with Crippen molar-refractivity contribution in [3.05, 3.63) is 71.8 Å². The van der Waals surface area contributed by atoms with Crippen LogP contribution in [0.4, 0.5) is 0 Å². The molecule has 2 aromatic carbocycles. The average molecular weight is 856 g/mol. The first-order chi connectivity index (χ1) is 28.4. The van der Waals surface area contributed by atoms with Gasteiger partial charge in [0, 0.05) is 32.8 Å². The summed E-state index contributed by atoms with van der Waals surface area (Å²) in [4.78, 5) is 59.1. The van der Waals surface area contributed by atoms with Gasteiger partial charge in [0.15, 0.2) is 9.84 Å². The van der Waals surface area contributed by atoms with Crippen LogP contribution in [0, 0.1) is 23.7 Å². The maximum absolute atomic E-state index is 14.4. The summed E-state index contributed by atoms with van der Waals surface area (Å²) in [6, 6.07) is 15.8. The first kappa shape index (κ1) is 50.7. The Balaban J connectivity index is 1.81. The lowest BCUT2D eigenvalue weighted by atomic mass is 9.87. The number of nitrogens with zero attached hydrogens (tertiary/aromatic N) is 2. The third-order valence-corrected chi connectivity index (χ3v) is 13.8. The lowest BCUT2D eigenvalue weighted by molar-refractivity contribution is -0.144. The first-order valence-electron chi connectivity index (χ1n) is 21.6. The van der Waals surface area contributed by atoms with Crippen molar-refractivity contribution in [2.24, 2.45) is 23.7 Å². The molecule has 60 heavy (non-hydrogen) atoms. The van der Waals surface area contributed by atoms with E-state index in [2.05, 4.69) is 29.8 Å². The van der Waals surface area contributed by atoms with Crippen LogP contribution in [0.1, 0.15) is 85.3 Å². The predicted octanol–water partition coefficient (Wildman–Crippen LogP) is 4.63. The minimum atomic E-state index is -3.60. The van der Waals surface area contributed by atoms with Gasteiger partial charge < -0.3 is 25.0 Å². The molecule has 0 radical (unpaired) electrons. The number of rotatable bonds is 24. The average Bonchev–Trinajstić information content (AvgIpc) is 3.67. The monoisotopic (exact) mass is 856 g/mol. The van der Waals surface area contributed by atoms with E-state index in [-0.39, 0.29) is 59.4 Å². The minimum absolute atomic E-state index is 0.0170. The number of amides is 4. The van der Waals surface area contributed by atoms with Gasteiger partial charge in [-0.05, 0) is 62.2 Å². The van der Waals surface area contributed by atoms with Crippen LogP contribution in [0.25, 0.3) is 0 Å². The van der Waals surface area contributed by atoms with E-state index in [9.17, 15) is 27.6 Å². The molecule has 1 fully saturated rings. The highest BCUT2D eigenvalue weighted by molar-refractivity contribution is 7.90. The van der Waals surface area contributed by atoms with E-state index in [0.29, 0.717) is 24.9 Å². The fourth-order valence-electron chi connectivity index (χ4n) is 8.95. The smallest absolute Gasteiger partial charge is 0.244 e. The van der Waals surface area contributed by atoms with E-state index in [1.807, 2.05) is 76.0 Å². The van der Waals surface area contributed by atoms with Crippen LogP contribution in [0.2, 0.25) is 0 Å². The second kappa shape index (κ2) is 24.1. The van der Waals surface area contributed by atoms with Crippen molar-refractivity contribution in [1.82, 2.24) is 25.8 Å². The summed E-state index contributed by atoms with van der Waals surface area (Å²) < 4.78 is 39.1. The molecule has 0 spiro atoms. The van der Waals surface area contributed by atoms with Crippen molar-refractivity contribution in [3.63, 3.8) is 0 Å². The quantitative estimate of drug-likeness (QED) is 0.136.